The molecule has 0 aliphatic rings. The number of pyridine rings is 1. The highest BCUT2D eigenvalue weighted by atomic mass is 16.4. The number of fused-ring (bicyclic) bond motifs is 1. The number of hydrogen-bond donors (Lipinski definition) is 2. The second-order valence-corrected chi connectivity index (χ2v) is 5.86. The van der Waals surface area contributed by atoms with Gasteiger partial charge < -0.3 is 14.8 Å². The number of nitrogens with zero attached hydrogens (tertiary/aromatic N) is 2. The topological polar surface area (TPSA) is 83.7 Å². The fourth-order valence-electron chi connectivity index (χ4n) is 2.76. The number of amides is 1. The van der Waals surface area contributed by atoms with Crippen LogP contribution < -0.4 is 5.32 Å². The molecule has 3 aromatic rings. The number of imidazole rings is 1. The fraction of sp³-hybridized carbons (Fsp3) is 0.211. The van der Waals surface area contributed by atoms with E-state index in [0.717, 1.165) is 23.5 Å². The molecule has 2 heterocycles. The predicted octanol–water partition coefficient (Wildman–Crippen LogP) is 3.08. The summed E-state index contributed by atoms with van der Waals surface area (Å²) in [5.74, 6) is -1.11. The number of aliphatic carboxylic acids is 1. The standard InChI is InChI=1S/C19H19N3O3/c1-3-16-12(2)22-11-14(6-9-17(22)21-16)19(25)20-15-7-4-13(5-8-15)10-18(23)24/h4-9,11H,3,10H2,1-2H3,(H,20,25)(H,23,24). The van der Waals surface area contributed by atoms with Crippen molar-refractivity contribution in [2.75, 3.05) is 5.32 Å². The number of carboxylic acids is 1. The molecule has 2 N–H and O–H groups in total. The molecule has 25 heavy (non-hydrogen) atoms. The summed E-state index contributed by atoms with van der Waals surface area (Å²) in [5.41, 5.74) is 4.72. The maximum Gasteiger partial charge on any atom is 0.307 e. The molecule has 0 saturated carbocycles. The minimum atomic E-state index is -0.882. The van der Waals surface area contributed by atoms with Gasteiger partial charge in [0.15, 0.2) is 0 Å². The first-order valence-electron chi connectivity index (χ1n) is 8.07. The first-order valence-corrected chi connectivity index (χ1v) is 8.07. The van der Waals surface area contributed by atoms with Gasteiger partial charge in [-0.2, -0.15) is 0 Å². The molecule has 0 radical (unpaired) electrons. The number of nitrogens with one attached hydrogen (secondary N) is 1. The van der Waals surface area contributed by atoms with Gasteiger partial charge in [-0.25, -0.2) is 4.98 Å². The van der Waals surface area contributed by atoms with Crippen molar-refractivity contribution in [1.29, 1.82) is 0 Å². The number of hydrogen-bond acceptors (Lipinski definition) is 3. The number of carbonyl (C=O) groups excluding carboxylic acids is 1. The van der Waals surface area contributed by atoms with Crippen molar-refractivity contribution in [2.24, 2.45) is 0 Å². The van der Waals surface area contributed by atoms with Crippen molar-refractivity contribution in [3.8, 4) is 0 Å². The van der Waals surface area contributed by atoms with Gasteiger partial charge >= 0.3 is 5.97 Å². The summed E-state index contributed by atoms with van der Waals surface area (Å²) < 4.78 is 1.92. The quantitative estimate of drug-likeness (QED) is 0.749. The molecule has 128 valence electrons. The minimum absolute atomic E-state index is 0.0371. The van der Waals surface area contributed by atoms with E-state index in [1.807, 2.05) is 17.4 Å². The van der Waals surface area contributed by atoms with Crippen LogP contribution in [0.2, 0.25) is 0 Å². The summed E-state index contributed by atoms with van der Waals surface area (Å²) in [5, 5.41) is 11.6. The van der Waals surface area contributed by atoms with E-state index >= 15 is 0 Å². The van der Waals surface area contributed by atoms with Crippen LogP contribution in [0.4, 0.5) is 5.69 Å². The molecule has 0 saturated heterocycles. The number of carbonyl (C=O) groups is 2. The van der Waals surface area contributed by atoms with E-state index in [1.165, 1.54) is 0 Å². The van der Waals surface area contributed by atoms with Gasteiger partial charge in [0.05, 0.1) is 17.7 Å². The highest BCUT2D eigenvalue weighted by Crippen LogP contribution is 2.16. The van der Waals surface area contributed by atoms with Crippen molar-refractivity contribution in [3.05, 3.63) is 65.1 Å². The molecule has 3 rings (SSSR count). The van der Waals surface area contributed by atoms with Crippen LogP contribution in [-0.2, 0) is 17.6 Å². The Kier molecular flexibility index (Phi) is 4.52. The second-order valence-electron chi connectivity index (χ2n) is 5.86. The van der Waals surface area contributed by atoms with E-state index < -0.39 is 5.97 Å². The summed E-state index contributed by atoms with van der Waals surface area (Å²) in [6.07, 6.45) is 2.59. The van der Waals surface area contributed by atoms with Gasteiger partial charge in [-0.15, -0.1) is 0 Å². The fourth-order valence-corrected chi connectivity index (χ4v) is 2.76. The van der Waals surface area contributed by atoms with E-state index in [1.54, 1.807) is 36.5 Å². The van der Waals surface area contributed by atoms with Crippen LogP contribution in [-0.4, -0.2) is 26.4 Å². The number of carboxylic acid groups (broad SMARTS) is 1. The van der Waals surface area contributed by atoms with Crippen LogP contribution in [0.1, 0.15) is 34.2 Å². The predicted molar refractivity (Wildman–Crippen MR) is 95.0 cm³/mol. The van der Waals surface area contributed by atoms with Crippen LogP contribution in [0.25, 0.3) is 5.65 Å². The lowest BCUT2D eigenvalue weighted by atomic mass is 10.1. The van der Waals surface area contributed by atoms with Crippen molar-refractivity contribution in [3.63, 3.8) is 0 Å². The molecule has 0 atom stereocenters. The average molecular weight is 337 g/mol. The second kappa shape index (κ2) is 6.76. The lowest BCUT2D eigenvalue weighted by Crippen LogP contribution is -2.13. The van der Waals surface area contributed by atoms with E-state index in [9.17, 15) is 9.59 Å². The highest BCUT2D eigenvalue weighted by molar-refractivity contribution is 6.04. The molecule has 0 bridgehead atoms. The number of rotatable bonds is 5. The van der Waals surface area contributed by atoms with Crippen molar-refractivity contribution >= 4 is 23.2 Å². The van der Waals surface area contributed by atoms with Crippen LogP contribution in [0.5, 0.6) is 0 Å². The van der Waals surface area contributed by atoms with E-state index in [-0.39, 0.29) is 12.3 Å². The smallest absolute Gasteiger partial charge is 0.307 e. The van der Waals surface area contributed by atoms with Gasteiger partial charge in [-0.05, 0) is 43.2 Å². The Morgan fingerprint density at radius 2 is 1.88 bits per heavy atom. The first kappa shape index (κ1) is 16.7. The maximum absolute atomic E-state index is 12.5. The number of benzene rings is 1. The van der Waals surface area contributed by atoms with E-state index in [4.69, 9.17) is 5.11 Å². The van der Waals surface area contributed by atoms with Gasteiger partial charge in [0.25, 0.3) is 5.91 Å². The molecular formula is C19H19N3O3. The largest absolute Gasteiger partial charge is 0.481 e. The molecule has 6 heteroatoms. The highest BCUT2D eigenvalue weighted by Gasteiger charge is 2.11. The number of aryl methyl sites for hydroxylation is 2. The zero-order valence-electron chi connectivity index (χ0n) is 14.1. The zero-order valence-corrected chi connectivity index (χ0v) is 14.1. The molecule has 1 amide bonds. The zero-order chi connectivity index (χ0) is 18.0. The molecular weight excluding hydrogens is 318 g/mol. The van der Waals surface area contributed by atoms with E-state index in [0.29, 0.717) is 16.8 Å². The molecule has 0 unspecified atom stereocenters. The third kappa shape index (κ3) is 3.52. The number of aromatic nitrogens is 2. The Labute approximate surface area is 145 Å². The van der Waals surface area contributed by atoms with Crippen LogP contribution in [0.3, 0.4) is 0 Å². The molecule has 0 aliphatic heterocycles. The summed E-state index contributed by atoms with van der Waals surface area (Å²) >= 11 is 0. The van der Waals surface area contributed by atoms with Crippen LogP contribution in [0.15, 0.2) is 42.6 Å². The normalized spacial score (nSPS) is 10.8. The SMILES string of the molecule is CCc1nc2ccc(C(=O)Nc3ccc(CC(=O)O)cc3)cn2c1C. The van der Waals surface area contributed by atoms with Crippen molar-refractivity contribution in [2.45, 2.75) is 26.7 Å². The van der Waals surface area contributed by atoms with E-state index in [2.05, 4.69) is 17.2 Å². The van der Waals surface area contributed by atoms with Gasteiger partial charge in [-0.3, -0.25) is 9.59 Å². The Morgan fingerprint density at radius 3 is 2.52 bits per heavy atom. The van der Waals surface area contributed by atoms with Gasteiger partial charge in [-0.1, -0.05) is 19.1 Å². The summed E-state index contributed by atoms with van der Waals surface area (Å²) in [7, 11) is 0. The Balaban J connectivity index is 1.80. The third-order valence-electron chi connectivity index (χ3n) is 4.12. The van der Waals surface area contributed by atoms with Crippen LogP contribution in [0, 0.1) is 6.92 Å². The van der Waals surface area contributed by atoms with Crippen molar-refractivity contribution < 1.29 is 14.7 Å². The Morgan fingerprint density at radius 1 is 1.16 bits per heavy atom. The Bertz CT molecular complexity index is 942. The van der Waals surface area contributed by atoms with Gasteiger partial charge in [0.1, 0.15) is 5.65 Å². The maximum atomic E-state index is 12.5. The summed E-state index contributed by atoms with van der Waals surface area (Å²) in [6, 6.07) is 10.4. The van der Waals surface area contributed by atoms with Crippen LogP contribution >= 0.6 is 0 Å². The van der Waals surface area contributed by atoms with Gasteiger partial charge in [0, 0.05) is 17.6 Å². The average Bonchev–Trinajstić information content (AvgIpc) is 2.92. The summed E-state index contributed by atoms with van der Waals surface area (Å²) in [4.78, 5) is 27.7. The third-order valence-corrected chi connectivity index (χ3v) is 4.12. The summed E-state index contributed by atoms with van der Waals surface area (Å²) in [6.45, 7) is 4.04. The molecule has 0 fully saturated rings. The van der Waals surface area contributed by atoms with Gasteiger partial charge in [0.2, 0.25) is 0 Å². The van der Waals surface area contributed by atoms with Crippen molar-refractivity contribution in [1.82, 2.24) is 9.38 Å². The lowest BCUT2D eigenvalue weighted by Gasteiger charge is -2.07. The Hall–Kier alpha value is -3.15. The first-order chi connectivity index (χ1) is 12.0. The molecule has 1 aromatic carbocycles. The minimum Gasteiger partial charge on any atom is -0.481 e. The molecule has 6 nitrogen and oxygen atoms in total. The lowest BCUT2D eigenvalue weighted by molar-refractivity contribution is -0.136. The molecule has 0 aliphatic carbocycles. The number of anilines is 1. The molecule has 2 aromatic heterocycles. The molecule has 0 spiro atoms. The monoisotopic (exact) mass is 337 g/mol.